The summed E-state index contributed by atoms with van der Waals surface area (Å²) in [4.78, 5) is 28.9. The van der Waals surface area contributed by atoms with Gasteiger partial charge in [-0.2, -0.15) is 0 Å². The van der Waals surface area contributed by atoms with Crippen molar-refractivity contribution in [3.05, 3.63) is 28.7 Å². The third-order valence-electron chi connectivity index (χ3n) is 4.47. The van der Waals surface area contributed by atoms with Crippen LogP contribution in [-0.2, 0) is 9.53 Å². The first kappa shape index (κ1) is 22.3. The molecule has 0 aromatic carbocycles. The second kappa shape index (κ2) is 9.83. The monoisotopic (exact) mass is 381 g/mol. The minimum atomic E-state index is -0.470. The van der Waals surface area contributed by atoms with Gasteiger partial charge in [0.15, 0.2) is 5.69 Å². The molecule has 1 aromatic rings. The summed E-state index contributed by atoms with van der Waals surface area (Å²) in [7, 11) is 1.33. The van der Waals surface area contributed by atoms with E-state index in [-0.39, 0.29) is 35.1 Å². The average molecular weight is 382 g/mol. The molecule has 7 heteroatoms. The molecule has 0 aliphatic rings. The lowest BCUT2D eigenvalue weighted by atomic mass is 9.98. The molecule has 0 saturated carbocycles. The van der Waals surface area contributed by atoms with Crippen LogP contribution in [0.15, 0.2) is 18.0 Å². The minimum absolute atomic E-state index is 0.0810. The molecule has 0 bridgehead atoms. The highest BCUT2D eigenvalue weighted by Crippen LogP contribution is 2.27. The number of methoxy groups -OCH3 is 1. The van der Waals surface area contributed by atoms with Crippen molar-refractivity contribution in [3.8, 4) is 0 Å². The van der Waals surface area contributed by atoms with Crippen LogP contribution in [0, 0.1) is 5.92 Å². The van der Waals surface area contributed by atoms with Crippen LogP contribution in [0.1, 0.15) is 69.0 Å². The van der Waals surface area contributed by atoms with Gasteiger partial charge in [0.2, 0.25) is 5.91 Å². The standard InChI is InChI=1S/C19H31N3O3S/c1-8-12(4)15(17-20-14(11-26-17)18(24)25-7)21-16(23)13(9-2)22-19(5,6)10-3/h10-13,15,22H,3,8-9H2,1-2,4-7H3,(H,21,23). The molecule has 3 unspecified atom stereocenters. The van der Waals surface area contributed by atoms with Crippen molar-refractivity contribution in [1.29, 1.82) is 0 Å². The predicted octanol–water partition coefficient (Wildman–Crippen LogP) is 3.47. The summed E-state index contributed by atoms with van der Waals surface area (Å²) in [5.41, 5.74) is -0.0728. The number of ether oxygens (including phenoxy) is 1. The van der Waals surface area contributed by atoms with E-state index in [4.69, 9.17) is 4.74 Å². The lowest BCUT2D eigenvalue weighted by Crippen LogP contribution is -2.52. The van der Waals surface area contributed by atoms with E-state index in [0.29, 0.717) is 11.4 Å². The van der Waals surface area contributed by atoms with E-state index in [9.17, 15) is 9.59 Å². The molecule has 146 valence electrons. The van der Waals surface area contributed by atoms with Crippen LogP contribution in [0.5, 0.6) is 0 Å². The zero-order valence-electron chi connectivity index (χ0n) is 16.6. The van der Waals surface area contributed by atoms with Gasteiger partial charge >= 0.3 is 5.97 Å². The number of nitrogens with zero attached hydrogens (tertiary/aromatic N) is 1. The van der Waals surface area contributed by atoms with Crippen LogP contribution in [0.2, 0.25) is 0 Å². The summed E-state index contributed by atoms with van der Waals surface area (Å²) in [5, 5.41) is 8.81. The Morgan fingerprint density at radius 3 is 2.54 bits per heavy atom. The molecule has 1 heterocycles. The molecule has 0 fully saturated rings. The molecule has 0 aliphatic carbocycles. The van der Waals surface area contributed by atoms with Crippen molar-refractivity contribution in [3.63, 3.8) is 0 Å². The number of esters is 1. The zero-order chi connectivity index (χ0) is 19.9. The summed E-state index contributed by atoms with van der Waals surface area (Å²) in [6, 6.07) is -0.590. The Hall–Kier alpha value is -1.73. The van der Waals surface area contributed by atoms with Crippen molar-refractivity contribution in [2.24, 2.45) is 5.92 Å². The zero-order valence-corrected chi connectivity index (χ0v) is 17.4. The quantitative estimate of drug-likeness (QED) is 0.479. The van der Waals surface area contributed by atoms with Gasteiger partial charge in [0.1, 0.15) is 5.01 Å². The largest absolute Gasteiger partial charge is 0.464 e. The SMILES string of the molecule is C=CC(C)(C)NC(CC)C(=O)NC(c1nc(C(=O)OC)cs1)C(C)CC. The molecule has 0 spiro atoms. The number of carbonyl (C=O) groups is 2. The van der Waals surface area contributed by atoms with Crippen molar-refractivity contribution in [1.82, 2.24) is 15.6 Å². The lowest BCUT2D eigenvalue weighted by Gasteiger charge is -2.30. The molecule has 6 nitrogen and oxygen atoms in total. The average Bonchev–Trinajstić information content (AvgIpc) is 3.12. The van der Waals surface area contributed by atoms with Gasteiger partial charge in [-0.3, -0.25) is 10.1 Å². The number of thiazole rings is 1. The van der Waals surface area contributed by atoms with Gasteiger partial charge in [-0.15, -0.1) is 17.9 Å². The Morgan fingerprint density at radius 1 is 1.38 bits per heavy atom. The van der Waals surface area contributed by atoms with Crippen molar-refractivity contribution < 1.29 is 14.3 Å². The second-order valence-electron chi connectivity index (χ2n) is 6.97. The topological polar surface area (TPSA) is 80.3 Å². The molecular weight excluding hydrogens is 350 g/mol. The van der Waals surface area contributed by atoms with Gasteiger partial charge in [0, 0.05) is 10.9 Å². The first-order valence-corrected chi connectivity index (χ1v) is 9.82. The molecule has 0 saturated heterocycles. The summed E-state index contributed by atoms with van der Waals surface area (Å²) < 4.78 is 4.72. The van der Waals surface area contributed by atoms with Crippen LogP contribution in [0.4, 0.5) is 0 Å². The molecule has 2 N–H and O–H groups in total. The highest BCUT2D eigenvalue weighted by atomic mass is 32.1. The number of hydrogen-bond donors (Lipinski definition) is 2. The summed E-state index contributed by atoms with van der Waals surface area (Å²) in [6.45, 7) is 13.9. The molecule has 0 radical (unpaired) electrons. The number of rotatable bonds is 10. The maximum atomic E-state index is 12.8. The Morgan fingerprint density at radius 2 is 2.04 bits per heavy atom. The van der Waals surface area contributed by atoms with E-state index < -0.39 is 5.97 Å². The number of aromatic nitrogens is 1. The Kier molecular flexibility index (Phi) is 8.43. The third kappa shape index (κ3) is 5.92. The number of nitrogens with one attached hydrogen (secondary N) is 2. The second-order valence-corrected chi connectivity index (χ2v) is 7.86. The third-order valence-corrected chi connectivity index (χ3v) is 5.40. The highest BCUT2D eigenvalue weighted by molar-refractivity contribution is 7.09. The molecular formula is C19H31N3O3S. The van der Waals surface area contributed by atoms with E-state index in [0.717, 1.165) is 6.42 Å². The first-order chi connectivity index (χ1) is 12.2. The van der Waals surface area contributed by atoms with Crippen molar-refractivity contribution in [2.75, 3.05) is 7.11 Å². The summed E-state index contributed by atoms with van der Waals surface area (Å²) in [6.07, 6.45) is 3.32. The number of hydrogen-bond acceptors (Lipinski definition) is 6. The first-order valence-electron chi connectivity index (χ1n) is 8.94. The number of carbonyl (C=O) groups excluding carboxylic acids is 2. The van der Waals surface area contributed by atoms with Gasteiger partial charge in [0.25, 0.3) is 0 Å². The highest BCUT2D eigenvalue weighted by Gasteiger charge is 2.29. The molecule has 1 rings (SSSR count). The van der Waals surface area contributed by atoms with Crippen LogP contribution < -0.4 is 10.6 Å². The fourth-order valence-electron chi connectivity index (χ4n) is 2.43. The van der Waals surface area contributed by atoms with Crippen LogP contribution in [0.25, 0.3) is 0 Å². The Balaban J connectivity index is 2.99. The molecule has 1 amide bonds. The normalized spacial score (nSPS) is 15.0. The molecule has 1 aromatic heterocycles. The van der Waals surface area contributed by atoms with E-state index in [1.165, 1.54) is 18.4 Å². The Labute approximate surface area is 160 Å². The van der Waals surface area contributed by atoms with Gasteiger partial charge in [0.05, 0.1) is 19.2 Å². The van der Waals surface area contributed by atoms with Crippen LogP contribution in [0.3, 0.4) is 0 Å². The molecule has 0 aliphatic heterocycles. The van der Waals surface area contributed by atoms with Gasteiger partial charge < -0.3 is 10.1 Å². The van der Waals surface area contributed by atoms with Crippen LogP contribution in [-0.4, -0.2) is 35.6 Å². The minimum Gasteiger partial charge on any atom is -0.464 e. The lowest BCUT2D eigenvalue weighted by molar-refractivity contribution is -0.124. The van der Waals surface area contributed by atoms with E-state index in [1.54, 1.807) is 11.5 Å². The fourth-order valence-corrected chi connectivity index (χ4v) is 3.40. The maximum Gasteiger partial charge on any atom is 0.357 e. The maximum absolute atomic E-state index is 12.8. The van der Waals surface area contributed by atoms with Gasteiger partial charge in [-0.25, -0.2) is 9.78 Å². The van der Waals surface area contributed by atoms with Crippen LogP contribution >= 0.6 is 11.3 Å². The smallest absolute Gasteiger partial charge is 0.357 e. The van der Waals surface area contributed by atoms with Gasteiger partial charge in [-0.1, -0.05) is 33.3 Å². The predicted molar refractivity (Wildman–Crippen MR) is 105 cm³/mol. The Bertz CT molecular complexity index is 627. The van der Waals surface area contributed by atoms with Crippen molar-refractivity contribution in [2.45, 2.75) is 65.1 Å². The van der Waals surface area contributed by atoms with Gasteiger partial charge in [-0.05, 0) is 26.2 Å². The van der Waals surface area contributed by atoms with Crippen molar-refractivity contribution >= 4 is 23.2 Å². The summed E-state index contributed by atoms with van der Waals surface area (Å²) in [5.74, 6) is -0.370. The number of amides is 1. The van der Waals surface area contributed by atoms with E-state index >= 15 is 0 Å². The van der Waals surface area contributed by atoms with E-state index in [2.05, 4.69) is 36.0 Å². The molecule has 3 atom stereocenters. The molecule has 26 heavy (non-hydrogen) atoms. The van der Waals surface area contributed by atoms with E-state index in [1.807, 2.05) is 20.8 Å². The summed E-state index contributed by atoms with van der Waals surface area (Å²) >= 11 is 1.36. The fraction of sp³-hybridized carbons (Fsp3) is 0.632.